The van der Waals surface area contributed by atoms with Gasteiger partial charge in [-0.15, -0.1) is 0 Å². The van der Waals surface area contributed by atoms with E-state index in [0.717, 1.165) is 0 Å². The van der Waals surface area contributed by atoms with E-state index in [4.69, 9.17) is 9.88 Å². The Balaban J connectivity index is 2.23. The molecule has 0 saturated carbocycles. The molecule has 0 bridgehead atoms. The number of amides is 1. The molecule has 0 spiro atoms. The lowest BCUT2D eigenvalue weighted by Gasteiger charge is -2.10. The third-order valence-corrected chi connectivity index (χ3v) is 4.45. The van der Waals surface area contributed by atoms with Crippen LogP contribution in [0, 0.1) is 11.3 Å². The Hall–Kier alpha value is -3.49. The van der Waals surface area contributed by atoms with E-state index in [1.54, 1.807) is 6.07 Å². The molecule has 0 atom stereocenters. The predicted molar refractivity (Wildman–Crippen MR) is 99.7 cm³/mol. The van der Waals surface area contributed by atoms with Gasteiger partial charge in [-0.25, -0.2) is 13.6 Å². The third-order valence-electron chi connectivity index (χ3n) is 3.52. The molecule has 0 aliphatic heterocycles. The molecule has 152 valence electrons. The lowest BCUT2D eigenvalue weighted by molar-refractivity contribution is -0.112. The molecule has 0 aromatic heterocycles. The number of nitrogens with one attached hydrogen (secondary N) is 1. The predicted octanol–water partition coefficient (Wildman–Crippen LogP) is 2.49. The second-order valence-corrected chi connectivity index (χ2v) is 7.04. The fourth-order valence-corrected chi connectivity index (χ4v) is 2.72. The lowest BCUT2D eigenvalue weighted by Crippen LogP contribution is -2.14. The Morgan fingerprint density at radius 3 is 2.38 bits per heavy atom. The van der Waals surface area contributed by atoms with Gasteiger partial charge in [0.25, 0.3) is 5.91 Å². The van der Waals surface area contributed by atoms with Gasteiger partial charge in [0, 0.05) is 5.69 Å². The quantitative estimate of drug-likeness (QED) is 0.520. The summed E-state index contributed by atoms with van der Waals surface area (Å²) < 4.78 is 56.5. The second-order valence-electron chi connectivity index (χ2n) is 5.48. The van der Waals surface area contributed by atoms with E-state index in [9.17, 15) is 27.3 Å². The van der Waals surface area contributed by atoms with Gasteiger partial charge in [0.15, 0.2) is 11.5 Å². The summed E-state index contributed by atoms with van der Waals surface area (Å²) in [6.45, 7) is -3.04. The topological polar surface area (TPSA) is 132 Å². The normalized spacial score (nSPS) is 11.7. The zero-order valence-electron chi connectivity index (χ0n) is 14.9. The molecule has 3 N–H and O–H groups in total. The molecule has 0 radical (unpaired) electrons. The van der Waals surface area contributed by atoms with E-state index in [1.165, 1.54) is 55.7 Å². The minimum absolute atomic E-state index is 0.00432. The molecule has 0 saturated heterocycles. The van der Waals surface area contributed by atoms with Crippen molar-refractivity contribution in [1.82, 2.24) is 0 Å². The van der Waals surface area contributed by atoms with Gasteiger partial charge in [-0.3, -0.25) is 4.79 Å². The van der Waals surface area contributed by atoms with Gasteiger partial charge in [-0.2, -0.15) is 14.0 Å². The molecule has 2 aromatic carbocycles. The van der Waals surface area contributed by atoms with Crippen LogP contribution >= 0.6 is 0 Å². The second kappa shape index (κ2) is 9.13. The van der Waals surface area contributed by atoms with Crippen LogP contribution in [-0.2, 0) is 14.8 Å². The number of nitrogens with zero attached hydrogens (tertiary/aromatic N) is 1. The molecular formula is C18H15F2N3O5S. The average Bonchev–Trinajstić information content (AvgIpc) is 2.66. The van der Waals surface area contributed by atoms with Crippen LogP contribution in [0.4, 0.5) is 14.5 Å². The van der Waals surface area contributed by atoms with E-state index in [2.05, 4.69) is 10.1 Å². The van der Waals surface area contributed by atoms with Crippen LogP contribution in [0.25, 0.3) is 6.08 Å². The molecule has 11 heteroatoms. The number of nitriles is 1. The molecule has 29 heavy (non-hydrogen) atoms. The number of ether oxygens (including phenoxy) is 2. The molecule has 8 nitrogen and oxygen atoms in total. The van der Waals surface area contributed by atoms with Crippen molar-refractivity contribution in [1.29, 1.82) is 5.26 Å². The van der Waals surface area contributed by atoms with Crippen LogP contribution in [0.1, 0.15) is 5.56 Å². The number of halogens is 2. The molecule has 2 aromatic rings. The van der Waals surface area contributed by atoms with Crippen LogP contribution < -0.4 is 19.9 Å². The van der Waals surface area contributed by atoms with E-state index in [-0.39, 0.29) is 27.7 Å². The van der Waals surface area contributed by atoms with Crippen molar-refractivity contribution in [3.8, 4) is 17.6 Å². The zero-order valence-corrected chi connectivity index (χ0v) is 15.7. The Morgan fingerprint density at radius 1 is 1.21 bits per heavy atom. The number of primary sulfonamides is 1. The summed E-state index contributed by atoms with van der Waals surface area (Å²) in [6, 6.07) is 10.7. The van der Waals surface area contributed by atoms with E-state index >= 15 is 0 Å². The van der Waals surface area contributed by atoms with Crippen molar-refractivity contribution in [3.05, 3.63) is 53.6 Å². The Labute approximate surface area is 165 Å². The van der Waals surface area contributed by atoms with Gasteiger partial charge in [0.05, 0.1) is 12.0 Å². The number of anilines is 1. The third kappa shape index (κ3) is 6.00. The molecule has 0 aliphatic rings. The van der Waals surface area contributed by atoms with E-state index < -0.39 is 22.5 Å². The number of alkyl halides is 2. The summed E-state index contributed by atoms with van der Waals surface area (Å²) in [5.41, 5.74) is 0.284. The number of nitrogens with two attached hydrogens (primary N) is 1. The van der Waals surface area contributed by atoms with Crippen molar-refractivity contribution in [2.24, 2.45) is 5.14 Å². The number of sulfonamides is 1. The van der Waals surface area contributed by atoms with Crippen molar-refractivity contribution >= 4 is 27.7 Å². The highest BCUT2D eigenvalue weighted by Crippen LogP contribution is 2.30. The number of hydrogen-bond acceptors (Lipinski definition) is 6. The van der Waals surface area contributed by atoms with E-state index in [1.807, 2.05) is 0 Å². The minimum atomic E-state index is -3.87. The van der Waals surface area contributed by atoms with Crippen molar-refractivity contribution in [2.45, 2.75) is 11.5 Å². The number of hydrogen-bond donors (Lipinski definition) is 2. The van der Waals surface area contributed by atoms with Gasteiger partial charge in [0.2, 0.25) is 10.0 Å². The van der Waals surface area contributed by atoms with Crippen LogP contribution in [0.2, 0.25) is 0 Å². The average molecular weight is 423 g/mol. The first kappa shape index (κ1) is 21.8. The maximum absolute atomic E-state index is 12.4. The molecule has 2 rings (SSSR count). The Kier molecular flexibility index (Phi) is 6.87. The van der Waals surface area contributed by atoms with Gasteiger partial charge in [-0.05, 0) is 48.0 Å². The first-order chi connectivity index (χ1) is 13.6. The Bertz CT molecular complexity index is 1080. The highest BCUT2D eigenvalue weighted by Gasteiger charge is 2.14. The van der Waals surface area contributed by atoms with Crippen molar-refractivity contribution in [3.63, 3.8) is 0 Å². The minimum Gasteiger partial charge on any atom is -0.493 e. The molecular weight excluding hydrogens is 408 g/mol. The summed E-state index contributed by atoms with van der Waals surface area (Å²) in [5, 5.41) is 16.7. The van der Waals surface area contributed by atoms with Crippen LogP contribution in [0.3, 0.4) is 0 Å². The zero-order chi connectivity index (χ0) is 21.6. The molecule has 0 fully saturated rings. The number of carbonyl (C=O) groups is 1. The highest BCUT2D eigenvalue weighted by atomic mass is 32.2. The molecule has 0 heterocycles. The van der Waals surface area contributed by atoms with Gasteiger partial charge < -0.3 is 14.8 Å². The maximum atomic E-state index is 12.4. The monoisotopic (exact) mass is 423 g/mol. The SMILES string of the molecule is COc1cc(/C=C(\C#N)C(=O)Nc2ccc(S(N)(=O)=O)cc2)ccc1OC(F)F. The maximum Gasteiger partial charge on any atom is 0.387 e. The first-order valence-electron chi connectivity index (χ1n) is 7.83. The fraction of sp³-hybridized carbons (Fsp3) is 0.111. The highest BCUT2D eigenvalue weighted by molar-refractivity contribution is 7.89. The van der Waals surface area contributed by atoms with Crippen LogP contribution in [-0.4, -0.2) is 28.0 Å². The van der Waals surface area contributed by atoms with Gasteiger partial charge in [0.1, 0.15) is 11.6 Å². The summed E-state index contributed by atoms with van der Waals surface area (Å²) in [6.07, 6.45) is 1.22. The standard InChI is InChI=1S/C18H15F2N3O5S/c1-27-16-9-11(2-7-15(16)28-18(19)20)8-12(10-21)17(24)23-13-3-5-14(6-4-13)29(22,25)26/h2-9,18H,1H3,(H,23,24)(H2,22,25,26)/b12-8+. The number of methoxy groups -OCH3 is 1. The van der Waals surface area contributed by atoms with E-state index in [0.29, 0.717) is 5.56 Å². The van der Waals surface area contributed by atoms with Gasteiger partial charge in [-0.1, -0.05) is 6.07 Å². The summed E-state index contributed by atoms with van der Waals surface area (Å²) in [4.78, 5) is 12.2. The lowest BCUT2D eigenvalue weighted by atomic mass is 10.1. The summed E-state index contributed by atoms with van der Waals surface area (Å²) >= 11 is 0. The fourth-order valence-electron chi connectivity index (χ4n) is 2.21. The van der Waals surface area contributed by atoms with Crippen LogP contribution in [0.5, 0.6) is 11.5 Å². The number of carbonyl (C=O) groups excluding carboxylic acids is 1. The summed E-state index contributed by atoms with van der Waals surface area (Å²) in [7, 11) is -2.62. The largest absolute Gasteiger partial charge is 0.493 e. The number of benzene rings is 2. The first-order valence-corrected chi connectivity index (χ1v) is 9.37. The number of rotatable bonds is 7. The Morgan fingerprint density at radius 2 is 1.86 bits per heavy atom. The smallest absolute Gasteiger partial charge is 0.387 e. The molecule has 0 unspecified atom stereocenters. The van der Waals surface area contributed by atoms with Crippen LogP contribution in [0.15, 0.2) is 52.9 Å². The van der Waals surface area contributed by atoms with Gasteiger partial charge >= 0.3 is 6.61 Å². The summed E-state index contributed by atoms with van der Waals surface area (Å²) in [5.74, 6) is -0.962. The van der Waals surface area contributed by atoms with Crippen molar-refractivity contribution < 1.29 is 31.5 Å². The molecule has 1 amide bonds. The molecule has 0 aliphatic carbocycles. The van der Waals surface area contributed by atoms with Crippen molar-refractivity contribution in [2.75, 3.05) is 12.4 Å².